The van der Waals surface area contributed by atoms with Gasteiger partial charge in [0, 0.05) is 0 Å². The summed E-state index contributed by atoms with van der Waals surface area (Å²) in [6.45, 7) is 3.24. The van der Waals surface area contributed by atoms with Crippen LogP contribution in [0.5, 0.6) is 0 Å². The summed E-state index contributed by atoms with van der Waals surface area (Å²) in [4.78, 5) is 0. The van der Waals surface area contributed by atoms with Crippen LogP contribution in [0.1, 0.15) is 25.3 Å². The molecule has 90 valence electrons. The highest BCUT2D eigenvalue weighted by atomic mass is 35.5. The van der Waals surface area contributed by atoms with Crippen LogP contribution in [0.25, 0.3) is 0 Å². The van der Waals surface area contributed by atoms with Gasteiger partial charge in [0.15, 0.2) is 0 Å². The lowest BCUT2D eigenvalue weighted by Gasteiger charge is -2.16. The minimum absolute atomic E-state index is 0.631. The summed E-state index contributed by atoms with van der Waals surface area (Å²) in [6.07, 6.45) is 3.41. The average molecular weight is 260 g/mol. The van der Waals surface area contributed by atoms with Crippen molar-refractivity contribution < 1.29 is 0 Å². The zero-order valence-corrected chi connectivity index (χ0v) is 11.4. The highest BCUT2D eigenvalue weighted by Gasteiger charge is 2.11. The second-order valence-corrected chi connectivity index (χ2v) is 4.91. The summed E-state index contributed by atoms with van der Waals surface area (Å²) >= 11 is 12.2. The lowest BCUT2D eigenvalue weighted by atomic mass is 9.95. The van der Waals surface area contributed by atoms with E-state index in [2.05, 4.69) is 18.3 Å². The third kappa shape index (κ3) is 3.97. The Morgan fingerprint density at radius 2 is 2.06 bits per heavy atom. The molecule has 16 heavy (non-hydrogen) atoms. The first-order valence-corrected chi connectivity index (χ1v) is 6.52. The van der Waals surface area contributed by atoms with Crippen molar-refractivity contribution in [1.82, 2.24) is 5.32 Å². The molecule has 0 aliphatic carbocycles. The Hall–Kier alpha value is -0.240. The number of nitrogens with one attached hydrogen (secondary N) is 1. The van der Waals surface area contributed by atoms with Crippen LogP contribution >= 0.6 is 23.2 Å². The van der Waals surface area contributed by atoms with Crippen molar-refractivity contribution in [2.75, 3.05) is 13.6 Å². The molecular weight excluding hydrogens is 241 g/mol. The van der Waals surface area contributed by atoms with Gasteiger partial charge in [-0.15, -0.1) is 0 Å². The van der Waals surface area contributed by atoms with Gasteiger partial charge in [-0.3, -0.25) is 0 Å². The van der Waals surface area contributed by atoms with Crippen LogP contribution in [0.15, 0.2) is 18.2 Å². The molecule has 3 heteroatoms. The SMILES string of the molecule is CCCC(CNC)Cc1cccc(Cl)c1Cl. The third-order valence-electron chi connectivity index (χ3n) is 2.73. The van der Waals surface area contributed by atoms with Gasteiger partial charge in [-0.2, -0.15) is 0 Å². The van der Waals surface area contributed by atoms with Crippen molar-refractivity contribution in [1.29, 1.82) is 0 Å². The largest absolute Gasteiger partial charge is 0.319 e. The van der Waals surface area contributed by atoms with E-state index in [1.165, 1.54) is 12.8 Å². The smallest absolute Gasteiger partial charge is 0.0624 e. The van der Waals surface area contributed by atoms with E-state index in [9.17, 15) is 0 Å². The Labute approximate surface area is 108 Å². The minimum atomic E-state index is 0.631. The first kappa shape index (κ1) is 13.8. The average Bonchev–Trinajstić information content (AvgIpc) is 2.25. The maximum Gasteiger partial charge on any atom is 0.0624 e. The Morgan fingerprint density at radius 1 is 1.31 bits per heavy atom. The summed E-state index contributed by atoms with van der Waals surface area (Å²) in [6, 6.07) is 5.86. The molecule has 0 saturated heterocycles. The van der Waals surface area contributed by atoms with E-state index in [4.69, 9.17) is 23.2 Å². The Morgan fingerprint density at radius 3 is 2.69 bits per heavy atom. The molecule has 1 unspecified atom stereocenters. The zero-order valence-electron chi connectivity index (χ0n) is 9.89. The fourth-order valence-electron chi connectivity index (χ4n) is 1.99. The molecule has 0 bridgehead atoms. The van der Waals surface area contributed by atoms with Crippen molar-refractivity contribution in [2.45, 2.75) is 26.2 Å². The van der Waals surface area contributed by atoms with Crippen molar-refractivity contribution in [3.8, 4) is 0 Å². The maximum absolute atomic E-state index is 6.19. The van der Waals surface area contributed by atoms with Crippen LogP contribution in [0.3, 0.4) is 0 Å². The molecule has 0 spiro atoms. The van der Waals surface area contributed by atoms with Crippen LogP contribution in [-0.2, 0) is 6.42 Å². The number of hydrogen-bond donors (Lipinski definition) is 1. The predicted octanol–water partition coefficient (Wildman–Crippen LogP) is 4.17. The predicted molar refractivity (Wildman–Crippen MR) is 72.5 cm³/mol. The molecular formula is C13H19Cl2N. The number of hydrogen-bond acceptors (Lipinski definition) is 1. The molecule has 0 aromatic heterocycles. The minimum Gasteiger partial charge on any atom is -0.319 e. The molecule has 1 atom stereocenters. The van der Waals surface area contributed by atoms with Crippen molar-refractivity contribution in [3.05, 3.63) is 33.8 Å². The van der Waals surface area contributed by atoms with E-state index in [0.29, 0.717) is 16.0 Å². The first-order valence-electron chi connectivity index (χ1n) is 5.76. The highest BCUT2D eigenvalue weighted by molar-refractivity contribution is 6.42. The monoisotopic (exact) mass is 259 g/mol. The Balaban J connectivity index is 2.72. The molecule has 0 heterocycles. The molecule has 0 fully saturated rings. The molecule has 1 aromatic rings. The number of halogens is 2. The van der Waals surface area contributed by atoms with Gasteiger partial charge in [-0.1, -0.05) is 48.7 Å². The Kier molecular flexibility index (Phi) is 6.18. The first-order chi connectivity index (χ1) is 7.69. The van der Waals surface area contributed by atoms with E-state index in [0.717, 1.165) is 18.5 Å². The van der Waals surface area contributed by atoms with Crippen molar-refractivity contribution >= 4 is 23.2 Å². The van der Waals surface area contributed by atoms with Crippen LogP contribution in [0.2, 0.25) is 10.0 Å². The summed E-state index contributed by atoms with van der Waals surface area (Å²) in [5, 5.41) is 4.59. The number of benzene rings is 1. The van der Waals surface area contributed by atoms with Gasteiger partial charge in [0.05, 0.1) is 10.0 Å². The van der Waals surface area contributed by atoms with Gasteiger partial charge >= 0.3 is 0 Å². The maximum atomic E-state index is 6.19. The van der Waals surface area contributed by atoms with Crippen LogP contribution in [-0.4, -0.2) is 13.6 Å². The summed E-state index contributed by atoms with van der Waals surface area (Å²) in [5.41, 5.74) is 1.16. The van der Waals surface area contributed by atoms with Crippen molar-refractivity contribution in [3.63, 3.8) is 0 Å². The quantitative estimate of drug-likeness (QED) is 0.809. The van der Waals surface area contributed by atoms with Gasteiger partial charge in [0.25, 0.3) is 0 Å². The second kappa shape index (κ2) is 7.16. The summed E-state index contributed by atoms with van der Waals surface area (Å²) in [7, 11) is 1.99. The van der Waals surface area contributed by atoms with Crippen LogP contribution in [0.4, 0.5) is 0 Å². The summed E-state index contributed by atoms with van der Waals surface area (Å²) < 4.78 is 0. The molecule has 0 amide bonds. The van der Waals surface area contributed by atoms with E-state index < -0.39 is 0 Å². The fourth-order valence-corrected chi connectivity index (χ4v) is 2.39. The standard InChI is InChI=1S/C13H19Cl2N/c1-3-5-10(9-16-2)8-11-6-4-7-12(14)13(11)15/h4,6-7,10,16H,3,5,8-9H2,1-2H3. The third-order valence-corrected chi connectivity index (χ3v) is 3.59. The highest BCUT2D eigenvalue weighted by Crippen LogP contribution is 2.28. The van der Waals surface area contributed by atoms with Gasteiger partial charge < -0.3 is 5.32 Å². The van der Waals surface area contributed by atoms with E-state index in [1.54, 1.807) is 0 Å². The second-order valence-electron chi connectivity index (χ2n) is 4.13. The molecule has 1 nitrogen and oxygen atoms in total. The molecule has 0 radical (unpaired) electrons. The lowest BCUT2D eigenvalue weighted by molar-refractivity contribution is 0.456. The molecule has 1 rings (SSSR count). The van der Waals surface area contributed by atoms with Crippen LogP contribution in [0, 0.1) is 5.92 Å². The topological polar surface area (TPSA) is 12.0 Å². The molecule has 1 aromatic carbocycles. The summed E-state index contributed by atoms with van der Waals surface area (Å²) in [5.74, 6) is 0.631. The van der Waals surface area contributed by atoms with Gasteiger partial charge in [-0.25, -0.2) is 0 Å². The van der Waals surface area contributed by atoms with Crippen LogP contribution < -0.4 is 5.32 Å². The van der Waals surface area contributed by atoms with Gasteiger partial charge in [0.1, 0.15) is 0 Å². The molecule has 1 N–H and O–H groups in total. The van der Waals surface area contributed by atoms with E-state index >= 15 is 0 Å². The fraction of sp³-hybridized carbons (Fsp3) is 0.538. The van der Waals surface area contributed by atoms with E-state index in [-0.39, 0.29) is 0 Å². The zero-order chi connectivity index (χ0) is 12.0. The molecule has 0 aliphatic rings. The lowest BCUT2D eigenvalue weighted by Crippen LogP contribution is -2.20. The molecule has 0 aliphatic heterocycles. The number of rotatable bonds is 6. The van der Waals surface area contributed by atoms with Gasteiger partial charge in [0.2, 0.25) is 0 Å². The van der Waals surface area contributed by atoms with Crippen molar-refractivity contribution in [2.24, 2.45) is 5.92 Å². The van der Waals surface area contributed by atoms with Gasteiger partial charge in [-0.05, 0) is 44.0 Å². The molecule has 0 saturated carbocycles. The van der Waals surface area contributed by atoms with E-state index in [1.807, 2.05) is 19.2 Å². The normalized spacial score (nSPS) is 12.8. The Bertz CT molecular complexity index is 320.